The van der Waals surface area contributed by atoms with Crippen LogP contribution in [0, 0.1) is 0 Å². The van der Waals surface area contributed by atoms with Crippen LogP contribution in [0.1, 0.15) is 26.7 Å². The third kappa shape index (κ3) is 10.0. The van der Waals surface area contributed by atoms with Gasteiger partial charge in [-0.05, 0) is 34.1 Å². The number of hydrogen-bond donors (Lipinski definition) is 2. The molecule has 94 valence electrons. The third-order valence-electron chi connectivity index (χ3n) is 1.51. The lowest BCUT2D eigenvalue weighted by Crippen LogP contribution is -2.55. The highest BCUT2D eigenvalue weighted by Gasteiger charge is 2.38. The lowest BCUT2D eigenvalue weighted by atomic mass is 10.1. The molecule has 3 N–H and O–H groups in total. The lowest BCUT2D eigenvalue weighted by molar-refractivity contribution is -0.0584. The van der Waals surface area contributed by atoms with Crippen LogP contribution in [-0.2, 0) is 0 Å². The summed E-state index contributed by atoms with van der Waals surface area (Å²) in [5.74, 6) is -2.70. The van der Waals surface area contributed by atoms with E-state index in [1.165, 1.54) is 0 Å². The summed E-state index contributed by atoms with van der Waals surface area (Å²) in [6, 6.07) is 0. The molecule has 1 aliphatic heterocycles. The van der Waals surface area contributed by atoms with E-state index in [9.17, 15) is 8.78 Å². The van der Waals surface area contributed by atoms with E-state index in [2.05, 4.69) is 5.32 Å². The molecule has 1 saturated heterocycles. The minimum absolute atomic E-state index is 0.0822. The van der Waals surface area contributed by atoms with Gasteiger partial charge in [-0.1, -0.05) is 13.8 Å². The van der Waals surface area contributed by atoms with Crippen molar-refractivity contribution in [2.75, 3.05) is 27.7 Å². The van der Waals surface area contributed by atoms with Gasteiger partial charge in [-0.25, -0.2) is 8.78 Å². The Morgan fingerprint density at radius 2 is 1.67 bits per heavy atom. The summed E-state index contributed by atoms with van der Waals surface area (Å²) in [6.45, 7) is 4.61. The first kappa shape index (κ1) is 17.1. The maximum Gasteiger partial charge on any atom is 0.275 e. The largest absolute Gasteiger partial charge is 0.312 e. The molecule has 1 rings (SSSR count). The van der Waals surface area contributed by atoms with E-state index in [1.54, 1.807) is 0 Å². The first-order valence-corrected chi connectivity index (χ1v) is 5.34. The molecule has 0 aromatic rings. The number of alkyl halides is 2. The van der Waals surface area contributed by atoms with Crippen LogP contribution in [0.25, 0.3) is 0 Å². The van der Waals surface area contributed by atoms with Gasteiger partial charge in [0.15, 0.2) is 0 Å². The highest BCUT2D eigenvalue weighted by atomic mass is 19.3. The van der Waals surface area contributed by atoms with E-state index in [0.717, 1.165) is 0 Å². The summed E-state index contributed by atoms with van der Waals surface area (Å²) in [7, 11) is 6.00. The summed E-state index contributed by atoms with van der Waals surface area (Å²) in [5, 5.41) is 2.50. The molecule has 3 nitrogen and oxygen atoms in total. The van der Waals surface area contributed by atoms with E-state index in [0.29, 0.717) is 13.0 Å². The Bertz CT molecular complexity index is 138. The van der Waals surface area contributed by atoms with Crippen LogP contribution >= 0.6 is 0 Å². The third-order valence-corrected chi connectivity index (χ3v) is 1.51. The molecule has 1 atom stereocenters. The molecule has 1 fully saturated rings. The maximum atomic E-state index is 12.4. The van der Waals surface area contributed by atoms with Crippen LogP contribution in [-0.4, -0.2) is 44.7 Å². The molecule has 1 aliphatic rings. The van der Waals surface area contributed by atoms with Crippen molar-refractivity contribution in [3.63, 3.8) is 0 Å². The van der Waals surface area contributed by atoms with E-state index < -0.39 is 12.1 Å². The van der Waals surface area contributed by atoms with E-state index in [-0.39, 0.29) is 6.42 Å². The van der Waals surface area contributed by atoms with Crippen LogP contribution in [0.2, 0.25) is 0 Å². The van der Waals surface area contributed by atoms with Gasteiger partial charge in [0.2, 0.25) is 0 Å². The van der Waals surface area contributed by atoms with Crippen LogP contribution in [0.15, 0.2) is 0 Å². The monoisotopic (exact) mass is 225 g/mol. The van der Waals surface area contributed by atoms with E-state index in [1.807, 2.05) is 39.9 Å². The fourth-order valence-electron chi connectivity index (χ4n) is 0.886. The van der Waals surface area contributed by atoms with Crippen LogP contribution < -0.4 is 11.1 Å². The summed E-state index contributed by atoms with van der Waals surface area (Å²) in [5.41, 5.74) is 5.05. The van der Waals surface area contributed by atoms with Gasteiger partial charge in [-0.2, -0.15) is 0 Å². The molecule has 1 unspecified atom stereocenters. The predicted octanol–water partition coefficient (Wildman–Crippen LogP) is 1.49. The molecule has 0 aliphatic carbocycles. The van der Waals surface area contributed by atoms with Gasteiger partial charge in [0.05, 0.1) is 0 Å². The van der Waals surface area contributed by atoms with E-state index >= 15 is 0 Å². The van der Waals surface area contributed by atoms with Crippen molar-refractivity contribution in [1.29, 1.82) is 0 Å². The molecule has 0 amide bonds. The van der Waals surface area contributed by atoms with Gasteiger partial charge in [0, 0.05) is 6.42 Å². The quantitative estimate of drug-likeness (QED) is 0.656. The number of nitrogens with zero attached hydrogens (tertiary/aromatic N) is 1. The average Bonchev–Trinajstić information content (AvgIpc) is 2.13. The second-order valence-electron chi connectivity index (χ2n) is 3.64. The molecule has 0 aromatic heterocycles. The van der Waals surface area contributed by atoms with Gasteiger partial charge in [0.25, 0.3) is 5.92 Å². The second kappa shape index (κ2) is 9.00. The Labute approximate surface area is 92.0 Å². The Hall–Kier alpha value is -0.260. The minimum atomic E-state index is -2.70. The van der Waals surface area contributed by atoms with Crippen molar-refractivity contribution in [2.45, 2.75) is 38.8 Å². The number of nitrogens with one attached hydrogen (secondary N) is 1. The molecule has 15 heavy (non-hydrogen) atoms. The number of rotatable bonds is 0. The van der Waals surface area contributed by atoms with Gasteiger partial charge < -0.3 is 10.6 Å². The van der Waals surface area contributed by atoms with Crippen LogP contribution in [0.4, 0.5) is 8.78 Å². The summed E-state index contributed by atoms with van der Waals surface area (Å²) in [4.78, 5) is 2.00. The summed E-state index contributed by atoms with van der Waals surface area (Å²) in [6.07, 6.45) is -0.701. The predicted molar refractivity (Wildman–Crippen MR) is 61.1 cm³/mol. The van der Waals surface area contributed by atoms with Gasteiger partial charge in [-0.15, -0.1) is 0 Å². The van der Waals surface area contributed by atoms with Crippen molar-refractivity contribution >= 4 is 0 Å². The second-order valence-corrected chi connectivity index (χ2v) is 3.64. The number of hydrogen-bond acceptors (Lipinski definition) is 3. The van der Waals surface area contributed by atoms with Crippen molar-refractivity contribution in [2.24, 2.45) is 5.73 Å². The zero-order chi connectivity index (χ0) is 12.5. The normalized spacial score (nSPS) is 23.4. The molecule has 0 aromatic carbocycles. The Balaban J connectivity index is 0. The molecule has 1 heterocycles. The Kier molecular flexibility index (Phi) is 10.3. The van der Waals surface area contributed by atoms with Crippen LogP contribution in [0.5, 0.6) is 0 Å². The molecule has 0 saturated carbocycles. The molecule has 0 radical (unpaired) electrons. The minimum Gasteiger partial charge on any atom is -0.312 e. The topological polar surface area (TPSA) is 41.3 Å². The summed E-state index contributed by atoms with van der Waals surface area (Å²) >= 11 is 0. The smallest absolute Gasteiger partial charge is 0.275 e. The fourth-order valence-corrected chi connectivity index (χ4v) is 0.886. The first-order chi connectivity index (χ1) is 6.86. The van der Waals surface area contributed by atoms with Crippen molar-refractivity contribution in [3.05, 3.63) is 0 Å². The maximum absolute atomic E-state index is 12.4. The standard InChI is InChI=1S/C5H10F2N2.C3H9N.C2H6/c6-5(7)2-1-3-9-4(5)8;1-4(2)3;1-2/h4,9H,1-3,8H2;1-3H3;1-2H3. The molecular formula is C10H25F2N3. The van der Waals surface area contributed by atoms with Gasteiger partial charge >= 0.3 is 0 Å². The van der Waals surface area contributed by atoms with Crippen molar-refractivity contribution in [1.82, 2.24) is 10.2 Å². The summed E-state index contributed by atoms with van der Waals surface area (Å²) < 4.78 is 24.8. The number of nitrogens with two attached hydrogens (primary N) is 1. The molecule has 5 heteroatoms. The average molecular weight is 225 g/mol. The zero-order valence-corrected chi connectivity index (χ0v) is 10.5. The lowest BCUT2D eigenvalue weighted by Gasteiger charge is -2.28. The van der Waals surface area contributed by atoms with Gasteiger partial charge in [-0.3, -0.25) is 5.32 Å². The number of halogens is 2. The van der Waals surface area contributed by atoms with Crippen LogP contribution in [0.3, 0.4) is 0 Å². The highest BCUT2D eigenvalue weighted by molar-refractivity contribution is 4.82. The Morgan fingerprint density at radius 1 is 1.27 bits per heavy atom. The van der Waals surface area contributed by atoms with E-state index in [4.69, 9.17) is 5.73 Å². The van der Waals surface area contributed by atoms with Crippen molar-refractivity contribution in [3.8, 4) is 0 Å². The SMILES string of the molecule is CC.CN(C)C.NC1NCCCC1(F)F. The highest BCUT2D eigenvalue weighted by Crippen LogP contribution is 2.24. The van der Waals surface area contributed by atoms with Crippen molar-refractivity contribution < 1.29 is 8.78 Å². The van der Waals surface area contributed by atoms with Gasteiger partial charge in [0.1, 0.15) is 6.17 Å². The molecular weight excluding hydrogens is 200 g/mol. The molecule has 0 bridgehead atoms. The Morgan fingerprint density at radius 3 is 1.87 bits per heavy atom. The fraction of sp³-hybridized carbons (Fsp3) is 1.00. The first-order valence-electron chi connectivity index (χ1n) is 5.34. The molecule has 0 spiro atoms. The zero-order valence-electron chi connectivity index (χ0n) is 10.5. The number of piperidine rings is 1.